The molecule has 0 saturated heterocycles. The number of ether oxygens (including phenoxy) is 1. The first kappa shape index (κ1) is 22.9. The Labute approximate surface area is 198 Å². The Morgan fingerprint density at radius 3 is 2.64 bits per heavy atom. The number of anilines is 1. The predicted octanol–water partition coefficient (Wildman–Crippen LogP) is 6.92. The first-order chi connectivity index (χ1) is 15.5. The maximum absolute atomic E-state index is 9.34. The normalized spacial score (nSPS) is 22.0. The van der Waals surface area contributed by atoms with Crippen LogP contribution in [0.5, 0.6) is 0 Å². The molecule has 4 rings (SSSR count). The molecular weight excluding hydrogens is 406 g/mol. The number of benzene rings is 1. The monoisotopic (exact) mass is 439 g/mol. The highest BCUT2D eigenvalue weighted by Crippen LogP contribution is 2.47. The van der Waals surface area contributed by atoms with Crippen molar-refractivity contribution in [3.05, 3.63) is 81.3 Å². The molecule has 0 aromatic heterocycles. The minimum absolute atomic E-state index is 0.0876. The van der Waals surface area contributed by atoms with Crippen molar-refractivity contribution in [1.82, 2.24) is 0 Å². The molecule has 0 bridgehead atoms. The molecule has 1 aromatic carbocycles. The van der Waals surface area contributed by atoms with Crippen LogP contribution in [-0.4, -0.2) is 13.1 Å². The van der Waals surface area contributed by atoms with Crippen LogP contribution >= 0.6 is 0 Å². The highest BCUT2D eigenvalue weighted by atomic mass is 16.5. The maximum atomic E-state index is 9.34. The van der Waals surface area contributed by atoms with Gasteiger partial charge in [0.1, 0.15) is 11.5 Å². The smallest absolute Gasteiger partial charge is 0.269 e. The minimum Gasteiger partial charge on any atom is -0.462 e. The van der Waals surface area contributed by atoms with E-state index in [9.17, 15) is 5.26 Å². The van der Waals surface area contributed by atoms with Crippen molar-refractivity contribution in [2.45, 2.75) is 59.8 Å². The zero-order chi connectivity index (χ0) is 24.0. The number of nitriles is 1. The summed E-state index contributed by atoms with van der Waals surface area (Å²) in [6.45, 7) is 23.1. The fourth-order valence-electron chi connectivity index (χ4n) is 5.13. The van der Waals surface area contributed by atoms with Crippen molar-refractivity contribution >= 4 is 11.8 Å². The number of hydrogen-bond donors (Lipinski definition) is 0. The van der Waals surface area contributed by atoms with E-state index in [0.717, 1.165) is 37.3 Å². The average molecular weight is 440 g/mol. The van der Waals surface area contributed by atoms with Gasteiger partial charge in [-0.1, -0.05) is 47.6 Å². The lowest BCUT2D eigenvalue weighted by Crippen LogP contribution is -2.46. The fraction of sp³-hybridized carbons (Fsp3) is 0.448. The van der Waals surface area contributed by atoms with E-state index in [1.165, 1.54) is 16.8 Å². The largest absolute Gasteiger partial charge is 0.462 e. The first-order valence-corrected chi connectivity index (χ1v) is 11.8. The Hall–Kier alpha value is -3.24. The molecule has 0 radical (unpaired) electrons. The molecule has 3 heterocycles. The molecule has 1 aromatic rings. The van der Waals surface area contributed by atoms with E-state index >= 15 is 0 Å². The topological polar surface area (TPSA) is 40.6 Å². The van der Waals surface area contributed by atoms with E-state index in [2.05, 4.69) is 55.6 Å². The van der Waals surface area contributed by atoms with Crippen LogP contribution in [0.15, 0.2) is 53.1 Å². The number of hydrogen-bond acceptors (Lipinski definition) is 3. The lowest BCUT2D eigenvalue weighted by Gasteiger charge is -2.48. The fourth-order valence-corrected chi connectivity index (χ4v) is 5.13. The highest BCUT2D eigenvalue weighted by molar-refractivity contribution is 5.71. The van der Waals surface area contributed by atoms with Crippen molar-refractivity contribution in [2.24, 2.45) is 11.3 Å². The van der Waals surface area contributed by atoms with Crippen molar-refractivity contribution in [3.63, 3.8) is 0 Å². The van der Waals surface area contributed by atoms with Crippen LogP contribution in [0.1, 0.15) is 64.7 Å². The molecule has 3 aliphatic heterocycles. The summed E-state index contributed by atoms with van der Waals surface area (Å²) < 4.78 is 6.09. The first-order valence-electron chi connectivity index (χ1n) is 11.8. The zero-order valence-corrected chi connectivity index (χ0v) is 20.6. The lowest BCUT2D eigenvalue weighted by molar-refractivity contribution is 0.275. The van der Waals surface area contributed by atoms with Crippen LogP contribution in [0.4, 0.5) is 5.69 Å². The standard InChI is InChI=1S/C29H33N3O/c1-19(2)26-15-21(25(17-30)31-7)14-23(33-26)9-8-20-12-22-16-28(3,4)18-32-11-10-29(5,6)24(13-20)27(22)32/h8-9,12-15,19H,10-11,16,18H2,1-6H3/b9-8+,25-21+. The van der Waals surface area contributed by atoms with Gasteiger partial charge in [0, 0.05) is 24.7 Å². The third-order valence-electron chi connectivity index (χ3n) is 6.88. The second-order valence-electron chi connectivity index (χ2n) is 11.2. The Morgan fingerprint density at radius 2 is 1.97 bits per heavy atom. The predicted molar refractivity (Wildman–Crippen MR) is 134 cm³/mol. The summed E-state index contributed by atoms with van der Waals surface area (Å²) in [6, 6.07) is 6.66. The van der Waals surface area contributed by atoms with E-state index in [1.807, 2.05) is 26.0 Å². The Kier molecular flexibility index (Phi) is 5.75. The molecule has 3 aliphatic rings. The molecule has 0 saturated carbocycles. The van der Waals surface area contributed by atoms with E-state index in [1.54, 1.807) is 12.2 Å². The summed E-state index contributed by atoms with van der Waals surface area (Å²) in [6.07, 6.45) is 9.89. The van der Waals surface area contributed by atoms with Gasteiger partial charge in [-0.15, -0.1) is 0 Å². The molecule has 4 heteroatoms. The van der Waals surface area contributed by atoms with Gasteiger partial charge in [0.05, 0.1) is 12.6 Å². The lowest BCUT2D eigenvalue weighted by atomic mass is 9.71. The summed E-state index contributed by atoms with van der Waals surface area (Å²) in [5, 5.41) is 9.34. The van der Waals surface area contributed by atoms with Crippen LogP contribution in [0.3, 0.4) is 0 Å². The molecule has 0 amide bonds. The number of nitrogens with zero attached hydrogens (tertiary/aromatic N) is 3. The third kappa shape index (κ3) is 4.49. The summed E-state index contributed by atoms with van der Waals surface area (Å²) >= 11 is 0. The maximum Gasteiger partial charge on any atom is 0.269 e. The SMILES string of the molecule is [C-]#[N+]/C(C#N)=C1C=C(/C=C/c2cc3c4c(c2)C(C)(C)CCN4CC(C)(C)C3)OC(C(C)C)=C\1. The Balaban J connectivity index is 1.75. The van der Waals surface area contributed by atoms with E-state index in [0.29, 0.717) is 11.3 Å². The van der Waals surface area contributed by atoms with Crippen LogP contribution in [-0.2, 0) is 16.6 Å². The summed E-state index contributed by atoms with van der Waals surface area (Å²) in [4.78, 5) is 5.97. The van der Waals surface area contributed by atoms with Crippen molar-refractivity contribution in [2.75, 3.05) is 18.0 Å². The molecular formula is C29H33N3O. The van der Waals surface area contributed by atoms with Gasteiger partial charge in [-0.05, 0) is 76.3 Å². The molecule has 0 atom stereocenters. The molecule has 0 spiro atoms. The van der Waals surface area contributed by atoms with Gasteiger partial charge < -0.3 is 9.64 Å². The quantitative estimate of drug-likeness (QED) is 0.379. The molecule has 170 valence electrons. The van der Waals surface area contributed by atoms with Crippen molar-refractivity contribution < 1.29 is 4.74 Å². The number of rotatable bonds is 3. The van der Waals surface area contributed by atoms with Crippen molar-refractivity contribution in [3.8, 4) is 6.07 Å². The molecule has 0 fully saturated rings. The van der Waals surface area contributed by atoms with Gasteiger partial charge in [-0.3, -0.25) is 0 Å². The van der Waals surface area contributed by atoms with Crippen LogP contribution in [0.25, 0.3) is 10.9 Å². The second kappa shape index (κ2) is 8.27. The van der Waals surface area contributed by atoms with Crippen molar-refractivity contribution in [1.29, 1.82) is 5.26 Å². The van der Waals surface area contributed by atoms with E-state index in [-0.39, 0.29) is 22.4 Å². The summed E-state index contributed by atoms with van der Waals surface area (Å²) in [7, 11) is 0. The average Bonchev–Trinajstić information content (AvgIpc) is 2.74. The van der Waals surface area contributed by atoms with E-state index < -0.39 is 0 Å². The Bertz CT molecular complexity index is 1180. The highest BCUT2D eigenvalue weighted by Gasteiger charge is 2.39. The summed E-state index contributed by atoms with van der Waals surface area (Å²) in [5.74, 6) is 1.58. The molecule has 4 nitrogen and oxygen atoms in total. The molecule has 0 aliphatic carbocycles. The minimum atomic E-state index is 0.0876. The van der Waals surface area contributed by atoms with Gasteiger partial charge >= 0.3 is 0 Å². The number of allylic oxidation sites excluding steroid dienone is 6. The van der Waals surface area contributed by atoms with Gasteiger partial charge in [-0.2, -0.15) is 0 Å². The van der Waals surface area contributed by atoms with Gasteiger partial charge in [0.15, 0.2) is 0 Å². The molecule has 0 N–H and O–H groups in total. The molecule has 0 unspecified atom stereocenters. The van der Waals surface area contributed by atoms with Crippen LogP contribution in [0.2, 0.25) is 0 Å². The van der Waals surface area contributed by atoms with Crippen LogP contribution < -0.4 is 4.90 Å². The summed E-state index contributed by atoms with van der Waals surface area (Å²) in [5.41, 5.74) is 6.58. The van der Waals surface area contributed by atoms with Gasteiger partial charge in [0.2, 0.25) is 0 Å². The molecule has 33 heavy (non-hydrogen) atoms. The third-order valence-corrected chi connectivity index (χ3v) is 6.88. The zero-order valence-electron chi connectivity index (χ0n) is 20.6. The van der Waals surface area contributed by atoms with E-state index in [4.69, 9.17) is 11.3 Å². The Morgan fingerprint density at radius 1 is 1.21 bits per heavy atom. The van der Waals surface area contributed by atoms with Gasteiger partial charge in [0.25, 0.3) is 5.70 Å². The van der Waals surface area contributed by atoms with Crippen LogP contribution in [0, 0.1) is 29.2 Å². The van der Waals surface area contributed by atoms with Gasteiger partial charge in [-0.25, -0.2) is 10.1 Å². The second-order valence-corrected chi connectivity index (χ2v) is 11.2.